The zero-order valence-corrected chi connectivity index (χ0v) is 14.5. The van der Waals surface area contributed by atoms with Crippen LogP contribution >= 0.6 is 23.2 Å². The molecule has 0 amide bonds. The highest BCUT2D eigenvalue weighted by Crippen LogP contribution is 2.35. The van der Waals surface area contributed by atoms with Gasteiger partial charge in [-0.15, -0.1) is 10.1 Å². The van der Waals surface area contributed by atoms with Gasteiger partial charge in [-0.3, -0.25) is 0 Å². The Labute approximate surface area is 148 Å². The summed E-state index contributed by atoms with van der Waals surface area (Å²) in [5.74, 6) is 0. The lowest BCUT2D eigenvalue weighted by atomic mass is 9.88. The average molecular weight is 377 g/mol. The molecule has 0 bridgehead atoms. The van der Waals surface area contributed by atoms with E-state index in [1.54, 1.807) is 29.2 Å². The highest BCUT2D eigenvalue weighted by Gasteiger charge is 2.31. The van der Waals surface area contributed by atoms with E-state index in [1.807, 2.05) is 0 Å². The van der Waals surface area contributed by atoms with Crippen LogP contribution in [0.5, 0.6) is 0 Å². The normalized spacial score (nSPS) is 12.8. The summed E-state index contributed by atoms with van der Waals surface area (Å²) in [5, 5.41) is 29.8. The van der Waals surface area contributed by atoms with Crippen molar-refractivity contribution in [3.8, 4) is 0 Å². The van der Waals surface area contributed by atoms with Gasteiger partial charge in [0.15, 0.2) is 0 Å². The smallest absolute Gasteiger partial charge is 0.291 e. The first-order valence-corrected chi connectivity index (χ1v) is 7.87. The van der Waals surface area contributed by atoms with E-state index in [0.717, 1.165) is 12.8 Å². The molecule has 0 aliphatic heterocycles. The molecular weight excluding hydrogens is 359 g/mol. The molecule has 2 N–H and O–H groups in total. The molecule has 2 rings (SSSR count). The molecule has 1 unspecified atom stereocenters. The van der Waals surface area contributed by atoms with Crippen LogP contribution in [-0.4, -0.2) is 30.2 Å². The highest BCUT2D eigenvalue weighted by atomic mass is 35.5. The maximum atomic E-state index is 11.0. The second-order valence-electron chi connectivity index (χ2n) is 5.09. The third kappa shape index (κ3) is 6.31. The number of rotatable bonds is 6. The molecule has 0 spiro atoms. The summed E-state index contributed by atoms with van der Waals surface area (Å²) in [6.07, 6.45) is 5.52. The number of unbranched alkanes of at least 4 members (excludes halogenated alkanes) is 1. The third-order valence-electron chi connectivity index (χ3n) is 3.27. The van der Waals surface area contributed by atoms with Crippen LogP contribution < -0.4 is 0 Å². The molecule has 132 valence electrons. The molecule has 8 nitrogen and oxygen atoms in total. The SMILES string of the molecule is CCCCC(O)(Cn1cncn1)c1ccc(Cl)cc1Cl.O=[N+]([O-])O. The summed E-state index contributed by atoms with van der Waals surface area (Å²) in [7, 11) is 0. The quantitative estimate of drug-likeness (QED) is 0.590. The minimum absolute atomic E-state index is 0.314. The number of nitrogens with zero attached hydrogens (tertiary/aromatic N) is 4. The van der Waals surface area contributed by atoms with Crippen molar-refractivity contribution >= 4 is 23.2 Å². The Hall–Kier alpha value is -1.90. The number of halogens is 2. The summed E-state index contributed by atoms with van der Waals surface area (Å²) < 4.78 is 1.61. The monoisotopic (exact) mass is 376 g/mol. The van der Waals surface area contributed by atoms with Gasteiger partial charge in [-0.25, -0.2) is 9.67 Å². The number of benzene rings is 1. The van der Waals surface area contributed by atoms with Crippen molar-refractivity contribution in [1.29, 1.82) is 0 Å². The lowest BCUT2D eigenvalue weighted by Gasteiger charge is -2.29. The standard InChI is InChI=1S/C14H17Cl2N3O.HNO3/c1-2-3-6-14(20,8-19-10-17-9-18-19)12-5-4-11(15)7-13(12)16;2-1(3)4/h4-5,7,9-10,20H,2-3,6,8H2,1H3;(H,2,3,4). The number of hydrogen-bond donors (Lipinski definition) is 2. The molecule has 0 radical (unpaired) electrons. The van der Waals surface area contributed by atoms with Gasteiger partial charge in [-0.1, -0.05) is 49.0 Å². The van der Waals surface area contributed by atoms with E-state index in [2.05, 4.69) is 17.0 Å². The molecule has 0 fully saturated rings. The summed E-state index contributed by atoms with van der Waals surface area (Å²) in [6.45, 7) is 2.40. The van der Waals surface area contributed by atoms with Gasteiger partial charge in [-0.05, 0) is 18.6 Å². The van der Waals surface area contributed by atoms with Gasteiger partial charge in [0, 0.05) is 15.6 Å². The van der Waals surface area contributed by atoms with Crippen molar-refractivity contribution in [3.63, 3.8) is 0 Å². The molecule has 10 heteroatoms. The second kappa shape index (κ2) is 9.41. The average Bonchev–Trinajstić information content (AvgIpc) is 2.97. The molecule has 0 aliphatic rings. The molecule has 2 aromatic rings. The van der Waals surface area contributed by atoms with Crippen molar-refractivity contribution in [3.05, 3.63) is 56.6 Å². The number of aliphatic hydroxyl groups is 1. The minimum Gasteiger partial charge on any atom is -0.383 e. The van der Waals surface area contributed by atoms with Gasteiger partial charge < -0.3 is 10.3 Å². The van der Waals surface area contributed by atoms with E-state index in [0.29, 0.717) is 28.6 Å². The molecule has 1 aromatic heterocycles. The van der Waals surface area contributed by atoms with E-state index >= 15 is 0 Å². The first-order valence-electron chi connectivity index (χ1n) is 7.12. The van der Waals surface area contributed by atoms with E-state index in [4.69, 9.17) is 38.5 Å². The zero-order chi connectivity index (χ0) is 18.2. The molecule has 1 heterocycles. The van der Waals surface area contributed by atoms with Crippen LogP contribution in [0.3, 0.4) is 0 Å². The predicted octanol–water partition coefficient (Wildman–Crippen LogP) is 3.32. The molecule has 24 heavy (non-hydrogen) atoms. The Morgan fingerprint density at radius 2 is 2.08 bits per heavy atom. The highest BCUT2D eigenvalue weighted by molar-refractivity contribution is 6.35. The van der Waals surface area contributed by atoms with Gasteiger partial charge in [0.1, 0.15) is 18.3 Å². The second-order valence-corrected chi connectivity index (χ2v) is 5.93. The van der Waals surface area contributed by atoms with Crippen LogP contribution in [0.1, 0.15) is 31.7 Å². The third-order valence-corrected chi connectivity index (χ3v) is 3.81. The molecule has 0 saturated heterocycles. The fraction of sp³-hybridized carbons (Fsp3) is 0.429. The molecule has 0 aliphatic carbocycles. The fourth-order valence-electron chi connectivity index (χ4n) is 2.22. The Kier molecular flexibility index (Phi) is 7.90. The maximum absolute atomic E-state index is 11.0. The summed E-state index contributed by atoms with van der Waals surface area (Å²) in [4.78, 5) is 12.3. The summed E-state index contributed by atoms with van der Waals surface area (Å²) in [5.41, 5.74) is -0.404. The number of hydrogen-bond acceptors (Lipinski definition) is 5. The van der Waals surface area contributed by atoms with Crippen LogP contribution in [0.2, 0.25) is 10.0 Å². The summed E-state index contributed by atoms with van der Waals surface area (Å²) >= 11 is 12.2. The largest absolute Gasteiger partial charge is 0.383 e. The molecular formula is C14H18Cl2N4O4. The van der Waals surface area contributed by atoms with E-state index in [9.17, 15) is 5.11 Å². The minimum atomic E-state index is -1.50. The lowest BCUT2D eigenvalue weighted by Crippen LogP contribution is -2.32. The fourth-order valence-corrected chi connectivity index (χ4v) is 2.80. The first kappa shape index (κ1) is 20.1. The Balaban J connectivity index is 0.000000648. The zero-order valence-electron chi connectivity index (χ0n) is 13.0. The van der Waals surface area contributed by atoms with Crippen molar-refractivity contribution in [2.45, 2.75) is 38.3 Å². The predicted molar refractivity (Wildman–Crippen MR) is 88.7 cm³/mol. The summed E-state index contributed by atoms with van der Waals surface area (Å²) in [6, 6.07) is 5.16. The van der Waals surface area contributed by atoms with Crippen molar-refractivity contribution in [2.24, 2.45) is 0 Å². The van der Waals surface area contributed by atoms with E-state index in [1.165, 1.54) is 6.33 Å². The van der Waals surface area contributed by atoms with Crippen molar-refractivity contribution < 1.29 is 15.4 Å². The van der Waals surface area contributed by atoms with Crippen molar-refractivity contribution in [2.75, 3.05) is 0 Å². The van der Waals surface area contributed by atoms with Crippen LogP contribution in [-0.2, 0) is 12.1 Å². The van der Waals surface area contributed by atoms with E-state index in [-0.39, 0.29) is 0 Å². The maximum Gasteiger partial charge on any atom is 0.291 e. The van der Waals surface area contributed by atoms with Gasteiger partial charge >= 0.3 is 0 Å². The Morgan fingerprint density at radius 1 is 1.42 bits per heavy atom. The number of aromatic nitrogens is 3. The molecule has 1 aromatic carbocycles. The van der Waals surface area contributed by atoms with Crippen LogP contribution in [0.4, 0.5) is 0 Å². The van der Waals surface area contributed by atoms with E-state index < -0.39 is 10.7 Å². The molecule has 0 saturated carbocycles. The van der Waals surface area contributed by atoms with Gasteiger partial charge in [-0.2, -0.15) is 5.10 Å². The van der Waals surface area contributed by atoms with Crippen LogP contribution in [0.25, 0.3) is 0 Å². The van der Waals surface area contributed by atoms with Gasteiger partial charge in [0.05, 0.1) is 6.54 Å². The topological polar surface area (TPSA) is 114 Å². The lowest BCUT2D eigenvalue weighted by molar-refractivity contribution is -0.742. The Bertz CT molecular complexity index is 650. The van der Waals surface area contributed by atoms with Gasteiger partial charge in [0.25, 0.3) is 5.09 Å². The van der Waals surface area contributed by atoms with Gasteiger partial charge in [0.2, 0.25) is 0 Å². The van der Waals surface area contributed by atoms with Crippen LogP contribution in [0.15, 0.2) is 30.9 Å². The Morgan fingerprint density at radius 3 is 2.58 bits per heavy atom. The van der Waals surface area contributed by atoms with Crippen molar-refractivity contribution in [1.82, 2.24) is 14.8 Å². The first-order chi connectivity index (χ1) is 11.3. The molecule has 1 atom stereocenters. The van der Waals surface area contributed by atoms with Crippen LogP contribution in [0, 0.1) is 10.1 Å².